The van der Waals surface area contributed by atoms with Crippen LogP contribution in [0.2, 0.25) is 0 Å². The molecule has 2 saturated heterocycles. The highest BCUT2D eigenvalue weighted by Gasteiger charge is 2.43. The second kappa shape index (κ2) is 21.3. The monoisotopic (exact) mass is 729 g/mol. The van der Waals surface area contributed by atoms with Crippen molar-refractivity contribution >= 4 is 12.1 Å². The Labute approximate surface area is 311 Å². The first-order valence-corrected chi connectivity index (χ1v) is 19.0. The van der Waals surface area contributed by atoms with Crippen molar-refractivity contribution in [1.29, 1.82) is 0 Å². The van der Waals surface area contributed by atoms with Gasteiger partial charge in [-0.1, -0.05) is 30.3 Å². The first-order valence-electron chi connectivity index (χ1n) is 19.0. The second-order valence-electron chi connectivity index (χ2n) is 14.9. The minimum atomic E-state index is -1.46. The molecule has 0 saturated carbocycles. The molecule has 292 valence electrons. The van der Waals surface area contributed by atoms with Crippen LogP contribution in [0.3, 0.4) is 0 Å². The highest BCUT2D eigenvalue weighted by atomic mass is 19.1. The summed E-state index contributed by atoms with van der Waals surface area (Å²) >= 11 is 0. The van der Waals surface area contributed by atoms with E-state index in [1.165, 1.54) is 6.42 Å². The molecule has 52 heavy (non-hydrogen) atoms. The molecule has 0 aliphatic carbocycles. The van der Waals surface area contributed by atoms with Crippen molar-refractivity contribution in [3.8, 4) is 11.5 Å². The van der Waals surface area contributed by atoms with Crippen molar-refractivity contribution in [1.82, 2.24) is 31.1 Å². The van der Waals surface area contributed by atoms with Gasteiger partial charge in [0.05, 0.1) is 5.60 Å². The number of benzene rings is 2. The molecule has 2 fully saturated rings. The Kier molecular flexibility index (Phi) is 17.6. The van der Waals surface area contributed by atoms with Crippen molar-refractivity contribution < 1.29 is 28.6 Å². The Hall–Kier alpha value is -3.45. The summed E-state index contributed by atoms with van der Waals surface area (Å²) in [5.74, 6) is -0.242. The predicted molar refractivity (Wildman–Crippen MR) is 205 cm³/mol. The van der Waals surface area contributed by atoms with Gasteiger partial charge in [0.25, 0.3) is 0 Å². The molecule has 2 heterocycles. The van der Waals surface area contributed by atoms with Gasteiger partial charge >= 0.3 is 12.1 Å². The van der Waals surface area contributed by atoms with Crippen LogP contribution in [-0.4, -0.2) is 106 Å². The van der Waals surface area contributed by atoms with Gasteiger partial charge < -0.3 is 45.6 Å². The highest BCUT2D eigenvalue weighted by molar-refractivity contribution is 5.75. The molecule has 2 aromatic carbocycles. The Morgan fingerprint density at radius 1 is 0.942 bits per heavy atom. The van der Waals surface area contributed by atoms with Crippen LogP contribution in [0, 0.1) is 18.7 Å². The van der Waals surface area contributed by atoms with Crippen molar-refractivity contribution in [3.05, 3.63) is 59.4 Å². The quantitative estimate of drug-likeness (QED) is 0.140. The Bertz CT molecular complexity index is 1390. The summed E-state index contributed by atoms with van der Waals surface area (Å²) in [4.78, 5) is 28.5. The SMILES string of the molecule is CNCC(C)(C)NC(=O)N1CCCCC1.CNC[C@H](C)NC(=O)N1CCC[C@@H]([C@@](O)(CCCCOC)c2cccc(Oc3ccccc3C)c2F)C1. The number of piperidine rings is 2. The van der Waals surface area contributed by atoms with Crippen molar-refractivity contribution in [2.45, 2.75) is 96.2 Å². The predicted octanol–water partition coefficient (Wildman–Crippen LogP) is 6.14. The minimum absolute atomic E-state index is 0.0291. The van der Waals surface area contributed by atoms with Crippen LogP contribution in [0.5, 0.6) is 11.5 Å². The zero-order valence-corrected chi connectivity index (χ0v) is 32.7. The molecule has 5 N–H and O–H groups in total. The van der Waals surface area contributed by atoms with E-state index in [1.807, 2.05) is 64.9 Å². The van der Waals surface area contributed by atoms with Crippen molar-refractivity contribution in [2.24, 2.45) is 5.92 Å². The molecule has 0 bridgehead atoms. The molecule has 0 spiro atoms. The molecular weight excluding hydrogens is 663 g/mol. The Morgan fingerprint density at radius 3 is 2.31 bits per heavy atom. The van der Waals surface area contributed by atoms with Gasteiger partial charge in [-0.15, -0.1) is 0 Å². The average molecular weight is 729 g/mol. The fraction of sp³-hybridized carbons (Fsp3) is 0.650. The number of nitrogens with one attached hydrogen (secondary N) is 4. The maximum Gasteiger partial charge on any atom is 0.317 e. The van der Waals surface area contributed by atoms with E-state index in [0.717, 1.165) is 50.9 Å². The number of urea groups is 2. The summed E-state index contributed by atoms with van der Waals surface area (Å²) < 4.78 is 27.2. The number of hydrogen-bond acceptors (Lipinski definition) is 7. The smallest absolute Gasteiger partial charge is 0.317 e. The van der Waals surface area contributed by atoms with E-state index in [9.17, 15) is 14.7 Å². The lowest BCUT2D eigenvalue weighted by atomic mass is 9.74. The fourth-order valence-corrected chi connectivity index (χ4v) is 7.08. The largest absolute Gasteiger partial charge is 0.454 e. The Morgan fingerprint density at radius 2 is 1.63 bits per heavy atom. The topological polar surface area (TPSA) is 127 Å². The van der Waals surface area contributed by atoms with E-state index in [0.29, 0.717) is 51.3 Å². The third-order valence-electron chi connectivity index (χ3n) is 9.87. The van der Waals surface area contributed by atoms with Gasteiger partial charge in [-0.25, -0.2) is 14.0 Å². The van der Waals surface area contributed by atoms with Crippen LogP contribution in [0.15, 0.2) is 42.5 Å². The maximum atomic E-state index is 16.0. The fourth-order valence-electron chi connectivity index (χ4n) is 7.08. The van der Waals surface area contributed by atoms with Crippen LogP contribution in [-0.2, 0) is 10.3 Å². The van der Waals surface area contributed by atoms with E-state index >= 15 is 4.39 Å². The molecule has 12 heteroatoms. The number of hydrogen-bond donors (Lipinski definition) is 5. The number of carbonyl (C=O) groups is 2. The lowest BCUT2D eigenvalue weighted by Crippen LogP contribution is -2.54. The summed E-state index contributed by atoms with van der Waals surface area (Å²) in [6, 6.07) is 12.3. The number of likely N-dealkylation sites (tertiary alicyclic amines) is 2. The minimum Gasteiger partial charge on any atom is -0.454 e. The summed E-state index contributed by atoms with van der Waals surface area (Å²) in [6.07, 6.45) is 6.73. The van der Waals surface area contributed by atoms with Crippen molar-refractivity contribution in [3.63, 3.8) is 0 Å². The normalized spacial score (nSPS) is 18.1. The summed E-state index contributed by atoms with van der Waals surface area (Å²) in [6.45, 7) is 12.7. The number of para-hydroxylation sites is 1. The lowest BCUT2D eigenvalue weighted by molar-refractivity contribution is -0.0589. The average Bonchev–Trinajstić information content (AvgIpc) is 3.12. The van der Waals surface area contributed by atoms with Gasteiger partial charge in [-0.2, -0.15) is 0 Å². The molecular formula is C40H65FN6O5. The molecule has 4 amide bonds. The zero-order chi connectivity index (χ0) is 38.1. The van der Waals surface area contributed by atoms with Gasteiger partial charge in [0.2, 0.25) is 0 Å². The number of likely N-dealkylation sites (N-methyl/N-ethyl adjacent to an activating group) is 2. The van der Waals surface area contributed by atoms with Crippen LogP contribution >= 0.6 is 0 Å². The molecule has 2 aromatic rings. The number of halogens is 1. The number of methoxy groups -OCH3 is 1. The van der Waals surface area contributed by atoms with Crippen LogP contribution < -0.4 is 26.0 Å². The van der Waals surface area contributed by atoms with Crippen molar-refractivity contribution in [2.75, 3.05) is 67.1 Å². The molecule has 3 atom stereocenters. The molecule has 2 aliphatic heterocycles. The molecule has 4 rings (SSSR count). The standard InChI is InChI=1S/C29H42FN3O4.C11H23N3O/c1-21-11-5-6-14-25(21)37-26-15-9-13-24(27(26)30)29(35,16-7-8-18-36-4)23-12-10-17-33(20-23)28(34)32-22(2)19-31-3;1-11(2,9-12-3)13-10(15)14-7-5-4-6-8-14/h5-6,9,11,13-15,22-23,31,35H,7-8,10,12,16-20H2,1-4H3,(H,32,34);12H,4-9H2,1-3H3,(H,13,15)/t22-,23+,29-;/m0./s1. The van der Waals surface area contributed by atoms with E-state index in [2.05, 4.69) is 21.3 Å². The number of aryl methyl sites for hydroxylation is 1. The highest BCUT2D eigenvalue weighted by Crippen LogP contribution is 2.43. The molecule has 11 nitrogen and oxygen atoms in total. The van der Waals surface area contributed by atoms with Gasteiger partial charge in [0.1, 0.15) is 5.75 Å². The zero-order valence-electron chi connectivity index (χ0n) is 32.7. The molecule has 2 aliphatic rings. The molecule has 0 unspecified atom stereocenters. The number of nitrogens with zero attached hydrogens (tertiary/aromatic N) is 2. The lowest BCUT2D eigenvalue weighted by Gasteiger charge is -2.43. The number of rotatable bonds is 15. The van der Waals surface area contributed by atoms with E-state index < -0.39 is 11.4 Å². The van der Waals surface area contributed by atoms with Crippen LogP contribution in [0.1, 0.15) is 83.3 Å². The first-order chi connectivity index (χ1) is 24.8. The summed E-state index contributed by atoms with van der Waals surface area (Å²) in [5.41, 5.74) is -0.530. The number of carbonyl (C=O) groups excluding carboxylic acids is 2. The number of ether oxygens (including phenoxy) is 2. The maximum absolute atomic E-state index is 16.0. The van der Waals surface area contributed by atoms with E-state index in [-0.39, 0.29) is 40.9 Å². The van der Waals surface area contributed by atoms with Gasteiger partial charge in [-0.3, -0.25) is 0 Å². The third kappa shape index (κ3) is 12.9. The second-order valence-corrected chi connectivity index (χ2v) is 14.9. The van der Waals surface area contributed by atoms with Crippen LogP contribution in [0.4, 0.5) is 14.0 Å². The van der Waals surface area contributed by atoms with Gasteiger partial charge in [0, 0.05) is 76.0 Å². The van der Waals surface area contributed by atoms with E-state index in [4.69, 9.17) is 9.47 Å². The Balaban J connectivity index is 0.000000406. The third-order valence-corrected chi connectivity index (χ3v) is 9.87. The van der Waals surface area contributed by atoms with Gasteiger partial charge in [-0.05, 0) is 111 Å². The summed E-state index contributed by atoms with van der Waals surface area (Å²) in [5, 5.41) is 24.4. The molecule has 0 radical (unpaired) electrons. The summed E-state index contributed by atoms with van der Waals surface area (Å²) in [7, 11) is 5.38. The van der Waals surface area contributed by atoms with E-state index in [1.54, 1.807) is 36.3 Å². The molecule has 0 aromatic heterocycles. The number of aliphatic hydroxyl groups is 1. The number of amides is 4. The van der Waals surface area contributed by atoms with Gasteiger partial charge in [0.15, 0.2) is 11.6 Å². The number of unbranched alkanes of at least 4 members (excludes halogenated alkanes) is 1. The first kappa shape index (κ1) is 43.0. The van der Waals surface area contributed by atoms with Crippen LogP contribution in [0.25, 0.3) is 0 Å².